The predicted octanol–water partition coefficient (Wildman–Crippen LogP) is 1.52. The summed E-state index contributed by atoms with van der Waals surface area (Å²) >= 11 is 0. The van der Waals surface area contributed by atoms with E-state index in [4.69, 9.17) is 4.42 Å². The average molecular weight is 140 g/mol. The van der Waals surface area contributed by atoms with Crippen LogP contribution >= 0.6 is 0 Å². The standard InChI is InChI=1S/C7H12N2O/c1-3-5-9(2)7-8-4-6-10-7/h4,6H,3,5H2,1-2H3. The number of oxazole rings is 1. The Labute approximate surface area is 60.7 Å². The first-order valence-electron chi connectivity index (χ1n) is 3.45. The summed E-state index contributed by atoms with van der Waals surface area (Å²) in [6.07, 6.45) is 4.35. The van der Waals surface area contributed by atoms with Gasteiger partial charge in [0.1, 0.15) is 6.26 Å². The molecule has 0 atom stereocenters. The Bertz CT molecular complexity index is 172. The molecule has 1 aromatic rings. The molecule has 0 N–H and O–H groups in total. The van der Waals surface area contributed by atoms with E-state index in [1.165, 1.54) is 0 Å². The summed E-state index contributed by atoms with van der Waals surface area (Å²) in [6.45, 7) is 3.11. The number of aromatic nitrogens is 1. The van der Waals surface area contributed by atoms with Gasteiger partial charge in [-0.1, -0.05) is 6.92 Å². The zero-order valence-corrected chi connectivity index (χ0v) is 6.37. The molecule has 1 aromatic heterocycles. The molecule has 0 saturated heterocycles. The van der Waals surface area contributed by atoms with Crippen molar-refractivity contribution in [1.29, 1.82) is 0 Å². The minimum absolute atomic E-state index is 0.696. The Morgan fingerprint density at radius 3 is 3.00 bits per heavy atom. The second-order valence-electron chi connectivity index (χ2n) is 2.24. The quantitative estimate of drug-likeness (QED) is 0.637. The molecule has 3 nitrogen and oxygen atoms in total. The number of rotatable bonds is 3. The molecule has 0 aromatic carbocycles. The largest absolute Gasteiger partial charge is 0.432 e. The van der Waals surface area contributed by atoms with E-state index >= 15 is 0 Å². The summed E-state index contributed by atoms with van der Waals surface area (Å²) in [6, 6.07) is 0.696. The molecule has 10 heavy (non-hydrogen) atoms. The lowest BCUT2D eigenvalue weighted by Gasteiger charge is -2.11. The third kappa shape index (κ3) is 1.50. The molecule has 0 aliphatic heterocycles. The maximum Gasteiger partial charge on any atom is 0.296 e. The second kappa shape index (κ2) is 3.25. The molecule has 0 amide bonds. The fraction of sp³-hybridized carbons (Fsp3) is 0.571. The Hall–Kier alpha value is -0.990. The summed E-state index contributed by atoms with van der Waals surface area (Å²) in [5.41, 5.74) is 0. The highest BCUT2D eigenvalue weighted by Gasteiger charge is 2.01. The summed E-state index contributed by atoms with van der Waals surface area (Å²) in [4.78, 5) is 5.98. The van der Waals surface area contributed by atoms with Crippen LogP contribution < -0.4 is 4.90 Å². The van der Waals surface area contributed by atoms with Gasteiger partial charge in [-0.3, -0.25) is 0 Å². The molecule has 0 aliphatic rings. The van der Waals surface area contributed by atoms with Crippen LogP contribution in [-0.4, -0.2) is 18.6 Å². The number of hydrogen-bond donors (Lipinski definition) is 0. The highest BCUT2D eigenvalue weighted by Crippen LogP contribution is 2.06. The number of hydrogen-bond acceptors (Lipinski definition) is 3. The van der Waals surface area contributed by atoms with Crippen molar-refractivity contribution < 1.29 is 4.42 Å². The molecular weight excluding hydrogens is 128 g/mol. The molecular formula is C7H12N2O. The Kier molecular flexibility index (Phi) is 2.31. The average Bonchev–Trinajstić information content (AvgIpc) is 2.38. The lowest BCUT2D eigenvalue weighted by Crippen LogP contribution is -2.17. The molecule has 0 aliphatic carbocycles. The SMILES string of the molecule is CCCN(C)c1ncco1. The van der Waals surface area contributed by atoms with Crippen LogP contribution in [0.4, 0.5) is 6.01 Å². The van der Waals surface area contributed by atoms with Gasteiger partial charge in [0.25, 0.3) is 6.01 Å². The molecule has 1 rings (SSSR count). The van der Waals surface area contributed by atoms with Gasteiger partial charge in [-0.2, -0.15) is 0 Å². The van der Waals surface area contributed by atoms with E-state index in [9.17, 15) is 0 Å². The molecule has 0 bridgehead atoms. The molecule has 0 saturated carbocycles. The monoisotopic (exact) mass is 140 g/mol. The van der Waals surface area contributed by atoms with E-state index in [-0.39, 0.29) is 0 Å². The Balaban J connectivity index is 2.50. The van der Waals surface area contributed by atoms with E-state index in [1.54, 1.807) is 12.5 Å². The molecule has 0 fully saturated rings. The van der Waals surface area contributed by atoms with E-state index in [0.29, 0.717) is 6.01 Å². The highest BCUT2D eigenvalue weighted by molar-refractivity contribution is 5.21. The van der Waals surface area contributed by atoms with Crippen molar-refractivity contribution in [3.63, 3.8) is 0 Å². The van der Waals surface area contributed by atoms with Crippen LogP contribution in [0.5, 0.6) is 0 Å². The van der Waals surface area contributed by atoms with Crippen LogP contribution in [0, 0.1) is 0 Å². The summed E-state index contributed by atoms with van der Waals surface area (Å²) < 4.78 is 5.06. The third-order valence-corrected chi connectivity index (χ3v) is 1.30. The maximum atomic E-state index is 5.06. The lowest BCUT2D eigenvalue weighted by atomic mass is 10.5. The van der Waals surface area contributed by atoms with Gasteiger partial charge in [-0.15, -0.1) is 0 Å². The van der Waals surface area contributed by atoms with Gasteiger partial charge in [0.15, 0.2) is 0 Å². The van der Waals surface area contributed by atoms with Crippen LogP contribution in [0.15, 0.2) is 16.9 Å². The van der Waals surface area contributed by atoms with Crippen molar-refractivity contribution in [2.45, 2.75) is 13.3 Å². The van der Waals surface area contributed by atoms with E-state index in [2.05, 4.69) is 11.9 Å². The first kappa shape index (κ1) is 7.12. The fourth-order valence-electron chi connectivity index (χ4n) is 0.835. The summed E-state index contributed by atoms with van der Waals surface area (Å²) in [5, 5.41) is 0. The van der Waals surface area contributed by atoms with Crippen LogP contribution in [0.2, 0.25) is 0 Å². The minimum Gasteiger partial charge on any atom is -0.432 e. The Morgan fingerprint density at radius 1 is 1.70 bits per heavy atom. The van der Waals surface area contributed by atoms with E-state index in [1.807, 2.05) is 11.9 Å². The van der Waals surface area contributed by atoms with Crippen molar-refractivity contribution >= 4 is 6.01 Å². The van der Waals surface area contributed by atoms with Crippen molar-refractivity contribution in [1.82, 2.24) is 4.98 Å². The first-order valence-corrected chi connectivity index (χ1v) is 3.45. The van der Waals surface area contributed by atoms with Crippen LogP contribution in [0.25, 0.3) is 0 Å². The van der Waals surface area contributed by atoms with Crippen molar-refractivity contribution in [3.05, 3.63) is 12.5 Å². The molecule has 1 heterocycles. The molecule has 3 heteroatoms. The fourth-order valence-corrected chi connectivity index (χ4v) is 0.835. The number of nitrogens with zero attached hydrogens (tertiary/aromatic N) is 2. The maximum absolute atomic E-state index is 5.06. The van der Waals surface area contributed by atoms with Gasteiger partial charge in [0, 0.05) is 13.6 Å². The highest BCUT2D eigenvalue weighted by atomic mass is 16.4. The summed E-state index contributed by atoms with van der Waals surface area (Å²) in [7, 11) is 1.97. The topological polar surface area (TPSA) is 29.3 Å². The Morgan fingerprint density at radius 2 is 2.50 bits per heavy atom. The molecule has 0 spiro atoms. The first-order chi connectivity index (χ1) is 4.84. The third-order valence-electron chi connectivity index (χ3n) is 1.30. The van der Waals surface area contributed by atoms with Crippen LogP contribution in [0.1, 0.15) is 13.3 Å². The van der Waals surface area contributed by atoms with Crippen molar-refractivity contribution in [2.24, 2.45) is 0 Å². The van der Waals surface area contributed by atoms with E-state index in [0.717, 1.165) is 13.0 Å². The second-order valence-corrected chi connectivity index (χ2v) is 2.24. The zero-order valence-electron chi connectivity index (χ0n) is 6.37. The molecule has 0 radical (unpaired) electrons. The van der Waals surface area contributed by atoms with Gasteiger partial charge in [-0.05, 0) is 6.42 Å². The van der Waals surface area contributed by atoms with Crippen LogP contribution in [-0.2, 0) is 0 Å². The van der Waals surface area contributed by atoms with Gasteiger partial charge < -0.3 is 9.32 Å². The van der Waals surface area contributed by atoms with Gasteiger partial charge in [0.2, 0.25) is 0 Å². The normalized spacial score (nSPS) is 9.80. The van der Waals surface area contributed by atoms with Gasteiger partial charge >= 0.3 is 0 Å². The van der Waals surface area contributed by atoms with Gasteiger partial charge in [0.05, 0.1) is 6.20 Å². The lowest BCUT2D eigenvalue weighted by molar-refractivity contribution is 0.544. The predicted molar refractivity (Wildman–Crippen MR) is 40.1 cm³/mol. The van der Waals surface area contributed by atoms with E-state index < -0.39 is 0 Å². The minimum atomic E-state index is 0.696. The zero-order chi connectivity index (χ0) is 7.40. The number of anilines is 1. The van der Waals surface area contributed by atoms with Crippen molar-refractivity contribution in [2.75, 3.05) is 18.5 Å². The smallest absolute Gasteiger partial charge is 0.296 e. The molecule has 0 unspecified atom stereocenters. The summed E-state index contributed by atoms with van der Waals surface area (Å²) in [5.74, 6) is 0. The van der Waals surface area contributed by atoms with Crippen LogP contribution in [0.3, 0.4) is 0 Å². The molecule has 56 valence electrons. The van der Waals surface area contributed by atoms with Crippen molar-refractivity contribution in [3.8, 4) is 0 Å². The van der Waals surface area contributed by atoms with Gasteiger partial charge in [-0.25, -0.2) is 4.98 Å².